The fourth-order valence-corrected chi connectivity index (χ4v) is 1.99. The normalized spacial score (nSPS) is 14.4. The predicted octanol–water partition coefficient (Wildman–Crippen LogP) is 3.12. The quantitative estimate of drug-likeness (QED) is 0.784. The molecule has 0 bridgehead atoms. The van der Waals surface area contributed by atoms with Gasteiger partial charge in [0.15, 0.2) is 0 Å². The third-order valence-corrected chi connectivity index (χ3v) is 3.42. The number of benzene rings is 1. The van der Waals surface area contributed by atoms with E-state index in [1.54, 1.807) is 7.11 Å². The summed E-state index contributed by atoms with van der Waals surface area (Å²) >= 11 is 0. The maximum Gasteiger partial charge on any atom is 0.122 e. The van der Waals surface area contributed by atoms with Crippen LogP contribution in [0.2, 0.25) is 0 Å². The lowest BCUT2D eigenvalue weighted by Gasteiger charge is -2.21. The van der Waals surface area contributed by atoms with E-state index in [9.17, 15) is 0 Å². The molecule has 96 valence electrons. The van der Waals surface area contributed by atoms with Gasteiger partial charge in [0.2, 0.25) is 0 Å². The molecule has 2 nitrogen and oxygen atoms in total. The second kappa shape index (κ2) is 7.33. The Kier molecular flexibility index (Phi) is 6.06. The molecule has 0 amide bonds. The van der Waals surface area contributed by atoms with Crippen molar-refractivity contribution in [3.8, 4) is 5.75 Å². The molecular weight excluding hydrogens is 210 g/mol. The molecule has 1 aromatic carbocycles. The average Bonchev–Trinajstić information content (AvgIpc) is 2.36. The highest BCUT2D eigenvalue weighted by Crippen LogP contribution is 2.23. The van der Waals surface area contributed by atoms with Crippen molar-refractivity contribution in [3.63, 3.8) is 0 Å². The van der Waals surface area contributed by atoms with E-state index in [0.29, 0.717) is 11.8 Å². The summed E-state index contributed by atoms with van der Waals surface area (Å²) in [5.74, 6) is 2.35. The molecule has 0 heterocycles. The van der Waals surface area contributed by atoms with Crippen molar-refractivity contribution in [1.29, 1.82) is 0 Å². The summed E-state index contributed by atoms with van der Waals surface area (Å²) in [4.78, 5) is 0. The molecule has 0 saturated carbocycles. The first-order chi connectivity index (χ1) is 8.19. The van der Waals surface area contributed by atoms with Gasteiger partial charge in [-0.05, 0) is 43.0 Å². The van der Waals surface area contributed by atoms with Crippen molar-refractivity contribution < 1.29 is 4.74 Å². The van der Waals surface area contributed by atoms with Crippen molar-refractivity contribution in [3.05, 3.63) is 29.8 Å². The molecule has 0 radical (unpaired) electrons. The Hall–Kier alpha value is -1.02. The van der Waals surface area contributed by atoms with Crippen LogP contribution in [0.5, 0.6) is 5.75 Å². The molecule has 0 aliphatic carbocycles. The molecule has 0 aliphatic rings. The summed E-state index contributed by atoms with van der Waals surface area (Å²) in [6, 6.07) is 8.31. The number of hydrogen-bond acceptors (Lipinski definition) is 2. The van der Waals surface area contributed by atoms with Gasteiger partial charge in [-0.3, -0.25) is 0 Å². The van der Waals surface area contributed by atoms with E-state index in [-0.39, 0.29) is 0 Å². The lowest BCUT2D eigenvalue weighted by molar-refractivity contribution is 0.357. The second-order valence-electron chi connectivity index (χ2n) is 4.78. The topological polar surface area (TPSA) is 21.3 Å². The molecule has 2 heteroatoms. The summed E-state index contributed by atoms with van der Waals surface area (Å²) in [6.45, 7) is 8.91. The van der Waals surface area contributed by atoms with Crippen LogP contribution in [-0.2, 0) is 6.42 Å². The Balaban J connectivity index is 2.57. The van der Waals surface area contributed by atoms with Gasteiger partial charge in [-0.15, -0.1) is 0 Å². The lowest BCUT2D eigenvalue weighted by atomic mass is 9.89. The van der Waals surface area contributed by atoms with Gasteiger partial charge < -0.3 is 10.1 Å². The van der Waals surface area contributed by atoms with E-state index >= 15 is 0 Å². The van der Waals surface area contributed by atoms with Crippen LogP contribution in [0.25, 0.3) is 0 Å². The summed E-state index contributed by atoms with van der Waals surface area (Å²) in [5.41, 5.74) is 1.31. The molecule has 0 fully saturated rings. The SMILES string of the molecule is CCNCC(C)C(C)Cc1ccccc1OC. The molecule has 17 heavy (non-hydrogen) atoms. The van der Waals surface area contributed by atoms with Crippen LogP contribution >= 0.6 is 0 Å². The molecular formula is C15H25NO. The Labute approximate surface area is 105 Å². The maximum absolute atomic E-state index is 5.39. The number of rotatable bonds is 7. The molecule has 1 rings (SSSR count). The van der Waals surface area contributed by atoms with Crippen LogP contribution in [0.4, 0.5) is 0 Å². The van der Waals surface area contributed by atoms with Crippen molar-refractivity contribution in [2.45, 2.75) is 27.2 Å². The third-order valence-electron chi connectivity index (χ3n) is 3.42. The zero-order valence-electron chi connectivity index (χ0n) is 11.5. The van der Waals surface area contributed by atoms with Gasteiger partial charge in [-0.2, -0.15) is 0 Å². The fourth-order valence-electron chi connectivity index (χ4n) is 1.99. The Morgan fingerprint density at radius 3 is 2.53 bits per heavy atom. The van der Waals surface area contributed by atoms with E-state index < -0.39 is 0 Å². The zero-order chi connectivity index (χ0) is 12.7. The average molecular weight is 235 g/mol. The van der Waals surface area contributed by atoms with Crippen molar-refractivity contribution >= 4 is 0 Å². The Bertz CT molecular complexity index is 324. The van der Waals surface area contributed by atoms with Crippen LogP contribution in [0, 0.1) is 11.8 Å². The minimum atomic E-state index is 0.658. The van der Waals surface area contributed by atoms with Gasteiger partial charge in [-0.1, -0.05) is 39.0 Å². The number of methoxy groups -OCH3 is 1. The smallest absolute Gasteiger partial charge is 0.122 e. The summed E-state index contributed by atoms with van der Waals surface area (Å²) in [7, 11) is 1.74. The van der Waals surface area contributed by atoms with Gasteiger partial charge in [0.1, 0.15) is 5.75 Å². The van der Waals surface area contributed by atoms with Gasteiger partial charge in [0.05, 0.1) is 7.11 Å². The van der Waals surface area contributed by atoms with Crippen LogP contribution < -0.4 is 10.1 Å². The number of para-hydroxylation sites is 1. The van der Waals surface area contributed by atoms with Crippen LogP contribution in [0.1, 0.15) is 26.3 Å². The standard InChI is InChI=1S/C15H25NO/c1-5-16-11-13(3)12(2)10-14-8-6-7-9-15(14)17-4/h6-9,12-13,16H,5,10-11H2,1-4H3. The Morgan fingerprint density at radius 1 is 1.18 bits per heavy atom. The zero-order valence-corrected chi connectivity index (χ0v) is 11.5. The molecule has 2 atom stereocenters. The van der Waals surface area contributed by atoms with Crippen LogP contribution in [-0.4, -0.2) is 20.2 Å². The monoisotopic (exact) mass is 235 g/mol. The highest BCUT2D eigenvalue weighted by Gasteiger charge is 2.14. The third kappa shape index (κ3) is 4.39. The number of nitrogens with one attached hydrogen (secondary N) is 1. The van der Waals surface area contributed by atoms with Crippen LogP contribution in [0.15, 0.2) is 24.3 Å². The summed E-state index contributed by atoms with van der Waals surface area (Å²) < 4.78 is 5.39. The summed E-state index contributed by atoms with van der Waals surface area (Å²) in [6.07, 6.45) is 1.08. The van der Waals surface area contributed by atoms with Crippen LogP contribution in [0.3, 0.4) is 0 Å². The first kappa shape index (κ1) is 14.0. The Morgan fingerprint density at radius 2 is 1.88 bits per heavy atom. The molecule has 1 aromatic rings. The van der Waals surface area contributed by atoms with Gasteiger partial charge in [-0.25, -0.2) is 0 Å². The van der Waals surface area contributed by atoms with Gasteiger partial charge in [0, 0.05) is 0 Å². The van der Waals surface area contributed by atoms with E-state index in [2.05, 4.69) is 38.2 Å². The van der Waals surface area contributed by atoms with Crippen molar-refractivity contribution in [1.82, 2.24) is 5.32 Å². The fraction of sp³-hybridized carbons (Fsp3) is 0.600. The predicted molar refractivity (Wildman–Crippen MR) is 73.6 cm³/mol. The van der Waals surface area contributed by atoms with E-state index in [0.717, 1.165) is 25.3 Å². The maximum atomic E-state index is 5.39. The first-order valence-electron chi connectivity index (χ1n) is 6.51. The molecule has 0 aliphatic heterocycles. The molecule has 1 N–H and O–H groups in total. The highest BCUT2D eigenvalue weighted by atomic mass is 16.5. The lowest BCUT2D eigenvalue weighted by Crippen LogP contribution is -2.25. The summed E-state index contributed by atoms with van der Waals surface area (Å²) in [5, 5.41) is 3.41. The molecule has 0 saturated heterocycles. The van der Waals surface area contributed by atoms with Crippen molar-refractivity contribution in [2.24, 2.45) is 11.8 Å². The van der Waals surface area contributed by atoms with E-state index in [1.807, 2.05) is 12.1 Å². The van der Waals surface area contributed by atoms with Gasteiger partial charge in [0.25, 0.3) is 0 Å². The molecule has 0 aromatic heterocycles. The minimum absolute atomic E-state index is 0.658. The minimum Gasteiger partial charge on any atom is -0.496 e. The largest absolute Gasteiger partial charge is 0.496 e. The molecule has 2 unspecified atom stereocenters. The van der Waals surface area contributed by atoms with Gasteiger partial charge >= 0.3 is 0 Å². The second-order valence-corrected chi connectivity index (χ2v) is 4.78. The van der Waals surface area contributed by atoms with E-state index in [4.69, 9.17) is 4.74 Å². The first-order valence-corrected chi connectivity index (χ1v) is 6.51. The van der Waals surface area contributed by atoms with Crippen molar-refractivity contribution in [2.75, 3.05) is 20.2 Å². The number of hydrogen-bond donors (Lipinski definition) is 1. The molecule has 0 spiro atoms. The number of ether oxygens (including phenoxy) is 1. The van der Waals surface area contributed by atoms with E-state index in [1.165, 1.54) is 5.56 Å². The highest BCUT2D eigenvalue weighted by molar-refractivity contribution is 5.33.